The molecular weight excluding hydrogens is 196 g/mol. The van der Waals surface area contributed by atoms with Crippen molar-refractivity contribution in [1.82, 2.24) is 5.43 Å². The highest BCUT2D eigenvalue weighted by Gasteiger charge is 2.11. The topological polar surface area (TPSA) is 38.0 Å². The van der Waals surface area contributed by atoms with Gasteiger partial charge in [0.2, 0.25) is 0 Å². The van der Waals surface area contributed by atoms with Gasteiger partial charge in [-0.1, -0.05) is 29.3 Å². The van der Waals surface area contributed by atoms with E-state index in [2.05, 4.69) is 51.0 Å². The Bertz CT molecular complexity index is 369. The molecule has 0 fully saturated rings. The second kappa shape index (κ2) is 5.83. The number of rotatable bonds is 5. The van der Waals surface area contributed by atoms with Crippen LogP contribution in [-0.2, 0) is 0 Å². The Kier molecular flexibility index (Phi) is 4.71. The van der Waals surface area contributed by atoms with Gasteiger partial charge >= 0.3 is 0 Å². The summed E-state index contributed by atoms with van der Waals surface area (Å²) in [5, 5.41) is 0. The van der Waals surface area contributed by atoms with Crippen molar-refractivity contribution in [3.05, 3.63) is 47.0 Å². The molecule has 0 amide bonds. The Morgan fingerprint density at radius 3 is 2.62 bits per heavy atom. The highest BCUT2D eigenvalue weighted by molar-refractivity contribution is 5.32. The predicted octanol–water partition coefficient (Wildman–Crippen LogP) is 3.16. The van der Waals surface area contributed by atoms with Crippen LogP contribution in [-0.4, -0.2) is 0 Å². The van der Waals surface area contributed by atoms with E-state index < -0.39 is 0 Å². The van der Waals surface area contributed by atoms with Crippen molar-refractivity contribution in [2.45, 2.75) is 39.7 Å². The molecule has 88 valence electrons. The van der Waals surface area contributed by atoms with Crippen molar-refractivity contribution in [2.75, 3.05) is 0 Å². The molecule has 1 atom stereocenters. The molecule has 2 heteroatoms. The molecule has 0 aliphatic heterocycles. The number of nitrogens with two attached hydrogens (primary N) is 1. The molecule has 1 unspecified atom stereocenters. The molecule has 0 aliphatic carbocycles. The summed E-state index contributed by atoms with van der Waals surface area (Å²) in [5.41, 5.74) is 7.96. The fourth-order valence-corrected chi connectivity index (χ4v) is 1.94. The van der Waals surface area contributed by atoms with Crippen molar-refractivity contribution >= 4 is 0 Å². The minimum atomic E-state index is 0.220. The Balaban J connectivity index is 2.82. The molecule has 0 bridgehead atoms. The molecule has 0 saturated heterocycles. The smallest absolute Gasteiger partial charge is 0.0465 e. The first-order valence-electron chi connectivity index (χ1n) is 5.72. The molecular formula is C14H22N2. The van der Waals surface area contributed by atoms with Crippen LogP contribution in [0.5, 0.6) is 0 Å². The van der Waals surface area contributed by atoms with E-state index in [0.717, 1.165) is 12.8 Å². The van der Waals surface area contributed by atoms with Crippen LogP contribution in [0, 0.1) is 13.8 Å². The van der Waals surface area contributed by atoms with Gasteiger partial charge in [-0.15, -0.1) is 6.58 Å². The zero-order valence-corrected chi connectivity index (χ0v) is 10.5. The lowest BCUT2D eigenvalue weighted by molar-refractivity contribution is 0.513. The van der Waals surface area contributed by atoms with E-state index in [-0.39, 0.29) is 6.04 Å². The molecule has 1 aromatic rings. The second-order valence-electron chi connectivity index (χ2n) is 4.58. The van der Waals surface area contributed by atoms with Gasteiger partial charge in [0.05, 0.1) is 0 Å². The van der Waals surface area contributed by atoms with Crippen LogP contribution in [0.1, 0.15) is 42.5 Å². The molecule has 0 spiro atoms. The van der Waals surface area contributed by atoms with Crippen molar-refractivity contribution in [3.8, 4) is 0 Å². The summed E-state index contributed by atoms with van der Waals surface area (Å²) in [4.78, 5) is 0. The van der Waals surface area contributed by atoms with Gasteiger partial charge in [0.1, 0.15) is 0 Å². The minimum absolute atomic E-state index is 0.220. The van der Waals surface area contributed by atoms with Crippen molar-refractivity contribution < 1.29 is 0 Å². The predicted molar refractivity (Wildman–Crippen MR) is 70.0 cm³/mol. The Hall–Kier alpha value is -1.12. The summed E-state index contributed by atoms with van der Waals surface area (Å²) < 4.78 is 0. The number of aryl methyl sites for hydroxylation is 2. The van der Waals surface area contributed by atoms with Gasteiger partial charge < -0.3 is 0 Å². The number of allylic oxidation sites excluding steroid dienone is 1. The number of hydrogen-bond acceptors (Lipinski definition) is 2. The van der Waals surface area contributed by atoms with E-state index in [1.165, 1.54) is 22.3 Å². The van der Waals surface area contributed by atoms with E-state index in [1.54, 1.807) is 0 Å². The van der Waals surface area contributed by atoms with Gasteiger partial charge in [0.25, 0.3) is 0 Å². The molecule has 0 heterocycles. The maximum atomic E-state index is 5.62. The first-order chi connectivity index (χ1) is 7.54. The third kappa shape index (κ3) is 3.47. The first kappa shape index (κ1) is 12.9. The zero-order chi connectivity index (χ0) is 12.1. The average molecular weight is 218 g/mol. The Labute approximate surface area is 98.5 Å². The van der Waals surface area contributed by atoms with Gasteiger partial charge in [-0.05, 0) is 44.7 Å². The summed E-state index contributed by atoms with van der Waals surface area (Å²) >= 11 is 0. The SMILES string of the molecule is C=C(C)CCC(NN)c1ccc(C)cc1C. The van der Waals surface area contributed by atoms with E-state index >= 15 is 0 Å². The minimum Gasteiger partial charge on any atom is -0.271 e. The molecule has 0 aromatic heterocycles. The molecule has 1 aromatic carbocycles. The lowest BCUT2D eigenvalue weighted by atomic mass is 9.95. The number of nitrogens with one attached hydrogen (secondary N) is 1. The highest BCUT2D eigenvalue weighted by Crippen LogP contribution is 2.23. The fourth-order valence-electron chi connectivity index (χ4n) is 1.94. The van der Waals surface area contributed by atoms with Crippen LogP contribution in [0.25, 0.3) is 0 Å². The largest absolute Gasteiger partial charge is 0.271 e. The van der Waals surface area contributed by atoms with Gasteiger partial charge in [-0.2, -0.15) is 0 Å². The van der Waals surface area contributed by atoms with Crippen LogP contribution in [0.4, 0.5) is 0 Å². The summed E-state index contributed by atoms with van der Waals surface area (Å²) in [6, 6.07) is 6.71. The van der Waals surface area contributed by atoms with Crippen molar-refractivity contribution in [1.29, 1.82) is 0 Å². The quantitative estimate of drug-likeness (QED) is 0.452. The van der Waals surface area contributed by atoms with Gasteiger partial charge in [0, 0.05) is 6.04 Å². The second-order valence-corrected chi connectivity index (χ2v) is 4.58. The van der Waals surface area contributed by atoms with Crippen LogP contribution in [0.15, 0.2) is 30.4 Å². The van der Waals surface area contributed by atoms with Crippen LogP contribution in [0.2, 0.25) is 0 Å². The summed E-state index contributed by atoms with van der Waals surface area (Å²) in [7, 11) is 0. The van der Waals surface area contributed by atoms with Gasteiger partial charge in [0.15, 0.2) is 0 Å². The van der Waals surface area contributed by atoms with Crippen LogP contribution >= 0.6 is 0 Å². The van der Waals surface area contributed by atoms with E-state index in [9.17, 15) is 0 Å². The number of hydrogen-bond donors (Lipinski definition) is 2. The molecule has 16 heavy (non-hydrogen) atoms. The normalized spacial score (nSPS) is 12.5. The highest BCUT2D eigenvalue weighted by atomic mass is 15.2. The summed E-state index contributed by atoms with van der Waals surface area (Å²) in [6.07, 6.45) is 2.00. The van der Waals surface area contributed by atoms with Gasteiger partial charge in [-0.3, -0.25) is 11.3 Å². The fraction of sp³-hybridized carbons (Fsp3) is 0.429. The van der Waals surface area contributed by atoms with E-state index in [1.807, 2.05) is 0 Å². The number of hydrazine groups is 1. The maximum Gasteiger partial charge on any atom is 0.0465 e. The standard InChI is InChI=1S/C14H22N2/c1-10(2)5-8-14(16-15)13-7-6-11(3)9-12(13)4/h6-7,9,14,16H,1,5,8,15H2,2-4H3. The van der Waals surface area contributed by atoms with Crippen molar-refractivity contribution in [2.24, 2.45) is 5.84 Å². The average Bonchev–Trinajstić information content (AvgIpc) is 2.21. The Morgan fingerprint density at radius 2 is 2.12 bits per heavy atom. The molecule has 3 N–H and O–H groups in total. The molecule has 0 radical (unpaired) electrons. The third-order valence-electron chi connectivity index (χ3n) is 2.86. The lowest BCUT2D eigenvalue weighted by Gasteiger charge is -2.19. The van der Waals surface area contributed by atoms with Crippen molar-refractivity contribution in [3.63, 3.8) is 0 Å². The summed E-state index contributed by atoms with van der Waals surface area (Å²) in [5.74, 6) is 5.62. The monoisotopic (exact) mass is 218 g/mol. The Morgan fingerprint density at radius 1 is 1.44 bits per heavy atom. The molecule has 1 rings (SSSR count). The van der Waals surface area contributed by atoms with Crippen LogP contribution < -0.4 is 11.3 Å². The zero-order valence-electron chi connectivity index (χ0n) is 10.5. The lowest BCUT2D eigenvalue weighted by Crippen LogP contribution is -2.28. The number of benzene rings is 1. The maximum absolute atomic E-state index is 5.62. The van der Waals surface area contributed by atoms with Crippen LogP contribution in [0.3, 0.4) is 0 Å². The van der Waals surface area contributed by atoms with E-state index in [4.69, 9.17) is 5.84 Å². The van der Waals surface area contributed by atoms with Gasteiger partial charge in [-0.25, -0.2) is 0 Å². The molecule has 0 aliphatic rings. The molecule has 0 saturated carbocycles. The van der Waals surface area contributed by atoms with E-state index in [0.29, 0.717) is 0 Å². The first-order valence-corrected chi connectivity index (χ1v) is 5.72. The third-order valence-corrected chi connectivity index (χ3v) is 2.86. The molecule has 2 nitrogen and oxygen atoms in total. The summed E-state index contributed by atoms with van der Waals surface area (Å²) in [6.45, 7) is 10.2.